The number of benzene rings is 1. The summed E-state index contributed by atoms with van der Waals surface area (Å²) in [5, 5.41) is 43.5. The minimum absolute atomic E-state index is 0.222. The Morgan fingerprint density at radius 1 is 1.24 bits per heavy atom. The summed E-state index contributed by atoms with van der Waals surface area (Å²) in [5.74, 6) is -3.00. The average molecular weight is 432 g/mol. The van der Waals surface area contributed by atoms with Gasteiger partial charge in [-0.2, -0.15) is 0 Å². The van der Waals surface area contributed by atoms with Crippen LogP contribution in [0.25, 0.3) is 0 Å². The highest BCUT2D eigenvalue weighted by Gasteiger charge is 2.54. The second kappa shape index (κ2) is 8.09. The summed E-state index contributed by atoms with van der Waals surface area (Å²) in [5.41, 5.74) is 0.139. The Labute approximate surface area is 173 Å². The maximum absolute atomic E-state index is 11.4. The largest absolute Gasteiger partial charge is 0.479 e. The van der Waals surface area contributed by atoms with Gasteiger partial charge in [-0.3, -0.25) is 0 Å². The summed E-state index contributed by atoms with van der Waals surface area (Å²) in [6.45, 7) is 5.91. The number of ether oxygens (including phenoxy) is 3. The van der Waals surface area contributed by atoms with Crippen molar-refractivity contribution in [2.75, 3.05) is 6.61 Å². The van der Waals surface area contributed by atoms with Gasteiger partial charge in [-0.05, 0) is 32.9 Å². The quantitative estimate of drug-likeness (QED) is 0.452. The lowest BCUT2D eigenvalue weighted by Gasteiger charge is -2.51. The first-order chi connectivity index (χ1) is 13.5. The van der Waals surface area contributed by atoms with Crippen LogP contribution in [-0.2, 0) is 24.8 Å². The fourth-order valence-corrected chi connectivity index (χ4v) is 3.89. The molecule has 29 heavy (non-hydrogen) atoms. The van der Waals surface area contributed by atoms with Gasteiger partial charge < -0.3 is 40.0 Å². The van der Waals surface area contributed by atoms with Crippen LogP contribution in [0.3, 0.4) is 0 Å². The number of carbonyl (C=O) groups is 1. The second-order valence-electron chi connectivity index (χ2n) is 8.07. The molecule has 3 rings (SSSR count). The molecule has 2 aliphatic heterocycles. The molecule has 2 saturated heterocycles. The molecule has 1 aromatic rings. The van der Waals surface area contributed by atoms with E-state index in [0.717, 1.165) is 0 Å². The van der Waals surface area contributed by atoms with Crippen LogP contribution < -0.4 is 5.32 Å². The van der Waals surface area contributed by atoms with Crippen molar-refractivity contribution >= 4 is 17.6 Å². The second-order valence-corrected chi connectivity index (χ2v) is 8.51. The molecule has 5 N–H and O–H groups in total. The number of rotatable bonds is 4. The minimum Gasteiger partial charge on any atom is -0.479 e. The SMILES string of the molecule is C[C@@H]1NC(C)(C)CO[C@@]1(O[C@@H]1O[C@H](C(=O)O)[C@@H](O)[C@H](O)[C@H]1O)c1cccc(Cl)c1. The number of hydrogen-bond donors (Lipinski definition) is 5. The van der Waals surface area contributed by atoms with Gasteiger partial charge >= 0.3 is 5.97 Å². The Morgan fingerprint density at radius 3 is 2.52 bits per heavy atom. The fourth-order valence-electron chi connectivity index (χ4n) is 3.70. The van der Waals surface area contributed by atoms with Crippen LogP contribution in [0.2, 0.25) is 5.02 Å². The van der Waals surface area contributed by atoms with Crippen LogP contribution in [0.4, 0.5) is 0 Å². The van der Waals surface area contributed by atoms with E-state index in [1.54, 1.807) is 31.2 Å². The minimum atomic E-state index is -1.81. The van der Waals surface area contributed by atoms with E-state index in [4.69, 9.17) is 25.8 Å². The number of hydrogen-bond acceptors (Lipinski definition) is 8. The molecule has 0 bridgehead atoms. The van der Waals surface area contributed by atoms with Crippen LogP contribution >= 0.6 is 11.6 Å². The number of morpholine rings is 1. The van der Waals surface area contributed by atoms with E-state index in [1.807, 2.05) is 13.8 Å². The predicted molar refractivity (Wildman–Crippen MR) is 101 cm³/mol. The smallest absolute Gasteiger partial charge is 0.335 e. The number of aliphatic carboxylic acids is 1. The van der Waals surface area contributed by atoms with E-state index in [9.17, 15) is 25.2 Å². The highest BCUT2D eigenvalue weighted by molar-refractivity contribution is 6.30. The summed E-state index contributed by atoms with van der Waals surface area (Å²) >= 11 is 6.15. The Balaban J connectivity index is 1.98. The molecule has 0 unspecified atom stereocenters. The highest BCUT2D eigenvalue weighted by Crippen LogP contribution is 2.40. The van der Waals surface area contributed by atoms with Crippen LogP contribution in [0, 0.1) is 0 Å². The van der Waals surface area contributed by atoms with Crippen LogP contribution in [0.15, 0.2) is 24.3 Å². The lowest BCUT2D eigenvalue weighted by molar-refractivity contribution is -0.388. The third kappa shape index (κ3) is 4.28. The Morgan fingerprint density at radius 2 is 1.93 bits per heavy atom. The molecular formula is C19H26ClNO8. The molecule has 0 amide bonds. The standard InChI is InChI=1S/C19H26ClNO8/c1-9-19(27-8-18(2,3)21-9,10-5-4-6-11(20)7-10)29-17-14(24)12(22)13(23)15(28-17)16(25)26/h4-7,9,12-15,17,21-24H,8H2,1-3H3,(H,25,26)/t9-,12-,13-,14+,15-,17-,19-/m0/s1. The summed E-state index contributed by atoms with van der Waals surface area (Å²) in [6.07, 6.45) is -8.67. The van der Waals surface area contributed by atoms with Gasteiger partial charge in [0.15, 0.2) is 12.4 Å². The molecule has 10 heteroatoms. The van der Waals surface area contributed by atoms with Gasteiger partial charge in [0.2, 0.25) is 5.79 Å². The average Bonchev–Trinajstić information content (AvgIpc) is 2.63. The normalized spacial score (nSPS) is 39.8. The molecule has 0 spiro atoms. The van der Waals surface area contributed by atoms with Crippen molar-refractivity contribution in [1.82, 2.24) is 5.32 Å². The molecule has 0 aliphatic carbocycles. The summed E-state index contributed by atoms with van der Waals surface area (Å²) in [6, 6.07) is 6.25. The Hall–Kier alpha value is -1.30. The number of nitrogens with one attached hydrogen (secondary N) is 1. The van der Waals surface area contributed by atoms with Gasteiger partial charge in [0, 0.05) is 16.1 Å². The van der Waals surface area contributed by atoms with E-state index in [-0.39, 0.29) is 12.1 Å². The van der Waals surface area contributed by atoms with E-state index in [2.05, 4.69) is 5.32 Å². The van der Waals surface area contributed by atoms with Crippen LogP contribution in [0.5, 0.6) is 0 Å². The zero-order chi connectivity index (χ0) is 21.6. The molecule has 2 aliphatic rings. The molecule has 7 atom stereocenters. The van der Waals surface area contributed by atoms with Crippen molar-refractivity contribution in [2.45, 2.75) is 68.8 Å². The van der Waals surface area contributed by atoms with Crippen molar-refractivity contribution in [3.05, 3.63) is 34.9 Å². The molecule has 0 aromatic heterocycles. The first-order valence-electron chi connectivity index (χ1n) is 9.25. The molecule has 162 valence electrons. The Bertz CT molecular complexity index is 761. The van der Waals surface area contributed by atoms with Crippen molar-refractivity contribution in [1.29, 1.82) is 0 Å². The number of aliphatic hydroxyl groups is 3. The lowest BCUT2D eigenvalue weighted by Crippen LogP contribution is -2.67. The molecule has 0 radical (unpaired) electrons. The van der Waals surface area contributed by atoms with Crippen LogP contribution in [0.1, 0.15) is 26.3 Å². The van der Waals surface area contributed by atoms with Gasteiger partial charge in [0.05, 0.1) is 12.6 Å². The lowest BCUT2D eigenvalue weighted by atomic mass is 9.91. The van der Waals surface area contributed by atoms with Crippen molar-refractivity contribution in [2.24, 2.45) is 0 Å². The molecule has 9 nitrogen and oxygen atoms in total. The first-order valence-corrected chi connectivity index (χ1v) is 9.62. The summed E-state index contributed by atoms with van der Waals surface area (Å²) in [4.78, 5) is 11.4. The van der Waals surface area contributed by atoms with Crippen molar-refractivity contribution in [3.63, 3.8) is 0 Å². The molecular weight excluding hydrogens is 406 g/mol. The monoisotopic (exact) mass is 431 g/mol. The fraction of sp³-hybridized carbons (Fsp3) is 0.632. The van der Waals surface area contributed by atoms with Crippen molar-refractivity contribution < 1.29 is 39.4 Å². The number of aliphatic hydroxyl groups excluding tert-OH is 3. The van der Waals surface area contributed by atoms with E-state index >= 15 is 0 Å². The van der Waals surface area contributed by atoms with Gasteiger partial charge in [-0.25, -0.2) is 4.79 Å². The van der Waals surface area contributed by atoms with Gasteiger partial charge in [-0.1, -0.05) is 23.7 Å². The van der Waals surface area contributed by atoms with E-state index < -0.39 is 48.5 Å². The van der Waals surface area contributed by atoms with Crippen LogP contribution in [-0.4, -0.2) is 75.3 Å². The molecule has 2 heterocycles. The molecule has 0 saturated carbocycles. The zero-order valence-electron chi connectivity index (χ0n) is 16.3. The topological polar surface area (TPSA) is 138 Å². The Kier molecular flexibility index (Phi) is 6.24. The number of carboxylic acid groups (broad SMARTS) is 1. The summed E-state index contributed by atoms with van der Waals surface area (Å²) in [7, 11) is 0. The maximum Gasteiger partial charge on any atom is 0.335 e. The molecule has 1 aromatic carbocycles. The van der Waals surface area contributed by atoms with Gasteiger partial charge in [0.1, 0.15) is 18.3 Å². The summed E-state index contributed by atoms with van der Waals surface area (Å²) < 4.78 is 17.4. The maximum atomic E-state index is 11.4. The zero-order valence-corrected chi connectivity index (χ0v) is 17.0. The van der Waals surface area contributed by atoms with E-state index in [0.29, 0.717) is 10.6 Å². The van der Waals surface area contributed by atoms with Crippen molar-refractivity contribution in [3.8, 4) is 0 Å². The third-order valence-corrected chi connectivity index (χ3v) is 5.39. The predicted octanol–water partition coefficient (Wildman–Crippen LogP) is 0.189. The van der Waals surface area contributed by atoms with Gasteiger partial charge in [-0.15, -0.1) is 0 Å². The third-order valence-electron chi connectivity index (χ3n) is 5.16. The van der Waals surface area contributed by atoms with Gasteiger partial charge in [0.25, 0.3) is 0 Å². The highest BCUT2D eigenvalue weighted by atomic mass is 35.5. The number of carboxylic acids is 1. The molecule has 2 fully saturated rings. The first kappa shape index (κ1) is 22.4. The van der Waals surface area contributed by atoms with E-state index in [1.165, 1.54) is 0 Å². The number of halogens is 1.